The normalized spacial score (nSPS) is 20.0. The summed E-state index contributed by atoms with van der Waals surface area (Å²) in [4.78, 5) is 0.185. The minimum Gasteiger partial charge on any atom is -0.392 e. The first kappa shape index (κ1) is 16.3. The number of rotatable bonds is 5. The molecular weight excluding hydrogens is 362 g/mol. The van der Waals surface area contributed by atoms with Crippen molar-refractivity contribution in [2.24, 2.45) is 0 Å². The van der Waals surface area contributed by atoms with Gasteiger partial charge in [0.2, 0.25) is 10.0 Å². The summed E-state index contributed by atoms with van der Waals surface area (Å²) >= 11 is 5.09. The smallest absolute Gasteiger partial charge is 0.241 e. The highest BCUT2D eigenvalue weighted by molar-refractivity contribution is 9.10. The molecule has 1 aromatic carbocycles. The third-order valence-electron chi connectivity index (χ3n) is 3.24. The van der Waals surface area contributed by atoms with Crippen LogP contribution in [0.15, 0.2) is 27.6 Å². The van der Waals surface area contributed by atoms with Gasteiger partial charge in [0, 0.05) is 16.3 Å². The molecule has 0 spiro atoms. The SMILES string of the molecule is O=S(=O)(NCC1CCCCS1)c1cc(CO)ccc1Br. The van der Waals surface area contributed by atoms with Crippen LogP contribution in [0.2, 0.25) is 0 Å². The van der Waals surface area contributed by atoms with Gasteiger partial charge in [-0.1, -0.05) is 12.5 Å². The standard InChI is InChI=1S/C13H18BrNO3S2/c14-12-5-4-10(9-16)7-13(12)20(17,18)15-8-11-3-1-2-6-19-11/h4-5,7,11,15-16H,1-3,6,8-9H2. The van der Waals surface area contributed by atoms with Gasteiger partial charge in [-0.15, -0.1) is 0 Å². The number of sulfonamides is 1. The summed E-state index contributed by atoms with van der Waals surface area (Å²) in [6, 6.07) is 4.84. The van der Waals surface area contributed by atoms with Gasteiger partial charge in [-0.2, -0.15) is 11.8 Å². The molecule has 1 aliphatic rings. The summed E-state index contributed by atoms with van der Waals surface area (Å²) in [5.74, 6) is 1.11. The van der Waals surface area contributed by atoms with Gasteiger partial charge >= 0.3 is 0 Å². The molecule has 0 saturated carbocycles. The quantitative estimate of drug-likeness (QED) is 0.824. The molecule has 2 rings (SSSR count). The fraction of sp³-hybridized carbons (Fsp3) is 0.538. The van der Waals surface area contributed by atoms with Gasteiger partial charge in [-0.05, 0) is 52.2 Å². The summed E-state index contributed by atoms with van der Waals surface area (Å²) in [6.45, 7) is 0.289. The van der Waals surface area contributed by atoms with Gasteiger partial charge in [0.1, 0.15) is 0 Å². The summed E-state index contributed by atoms with van der Waals surface area (Å²) in [7, 11) is -3.54. The van der Waals surface area contributed by atoms with E-state index >= 15 is 0 Å². The predicted molar refractivity (Wildman–Crippen MR) is 85.4 cm³/mol. The lowest BCUT2D eigenvalue weighted by Gasteiger charge is -2.21. The van der Waals surface area contributed by atoms with Crippen molar-refractivity contribution in [2.75, 3.05) is 12.3 Å². The van der Waals surface area contributed by atoms with E-state index in [1.54, 1.807) is 12.1 Å². The van der Waals surface area contributed by atoms with E-state index < -0.39 is 10.0 Å². The van der Waals surface area contributed by atoms with E-state index in [4.69, 9.17) is 5.11 Å². The molecule has 1 fully saturated rings. The minimum absolute atomic E-state index is 0.172. The van der Waals surface area contributed by atoms with E-state index in [0.29, 0.717) is 21.8 Å². The molecule has 0 bridgehead atoms. The second-order valence-corrected chi connectivity index (χ2v) is 8.76. The Bertz CT molecular complexity index is 557. The number of halogens is 1. The minimum atomic E-state index is -3.54. The van der Waals surface area contributed by atoms with E-state index in [2.05, 4.69) is 20.7 Å². The van der Waals surface area contributed by atoms with Crippen LogP contribution in [0.5, 0.6) is 0 Å². The molecule has 2 N–H and O–H groups in total. The molecule has 0 aliphatic carbocycles. The molecule has 0 amide bonds. The van der Waals surface area contributed by atoms with Gasteiger partial charge < -0.3 is 5.11 Å². The molecule has 1 aromatic rings. The fourth-order valence-electron chi connectivity index (χ4n) is 2.10. The largest absolute Gasteiger partial charge is 0.392 e. The predicted octanol–water partition coefficient (Wildman–Crippen LogP) is 2.51. The van der Waals surface area contributed by atoms with Crippen molar-refractivity contribution in [1.29, 1.82) is 0 Å². The first-order valence-corrected chi connectivity index (χ1v) is 9.86. The number of thioether (sulfide) groups is 1. The molecule has 1 unspecified atom stereocenters. The molecule has 1 atom stereocenters. The lowest BCUT2D eigenvalue weighted by molar-refractivity contribution is 0.281. The Morgan fingerprint density at radius 2 is 2.20 bits per heavy atom. The Balaban J connectivity index is 2.09. The van der Waals surface area contributed by atoms with Crippen LogP contribution in [0.4, 0.5) is 0 Å². The maximum atomic E-state index is 12.3. The number of hydrogen-bond acceptors (Lipinski definition) is 4. The second-order valence-electron chi connectivity index (χ2n) is 4.76. The van der Waals surface area contributed by atoms with Crippen LogP contribution in [0, 0.1) is 0 Å². The number of nitrogens with one attached hydrogen (secondary N) is 1. The third-order valence-corrected chi connectivity index (χ3v) is 7.06. The molecule has 4 nitrogen and oxygen atoms in total. The highest BCUT2D eigenvalue weighted by Gasteiger charge is 2.21. The molecule has 1 aliphatic heterocycles. The van der Waals surface area contributed by atoms with Crippen LogP contribution < -0.4 is 4.72 Å². The first-order chi connectivity index (χ1) is 9.53. The zero-order valence-electron chi connectivity index (χ0n) is 11.0. The van der Waals surface area contributed by atoms with Crippen molar-refractivity contribution in [3.8, 4) is 0 Å². The average Bonchev–Trinajstić information content (AvgIpc) is 2.47. The van der Waals surface area contributed by atoms with E-state index in [9.17, 15) is 8.42 Å². The van der Waals surface area contributed by atoms with Crippen LogP contribution in [-0.2, 0) is 16.6 Å². The maximum absolute atomic E-state index is 12.3. The number of benzene rings is 1. The molecule has 0 aromatic heterocycles. The molecular formula is C13H18BrNO3S2. The van der Waals surface area contributed by atoms with Gasteiger partial charge in [-0.3, -0.25) is 0 Å². The van der Waals surface area contributed by atoms with Crippen LogP contribution in [0.25, 0.3) is 0 Å². The van der Waals surface area contributed by atoms with E-state index in [0.717, 1.165) is 12.2 Å². The van der Waals surface area contributed by atoms with Gasteiger partial charge in [0.25, 0.3) is 0 Å². The van der Waals surface area contributed by atoms with E-state index in [1.807, 2.05) is 11.8 Å². The van der Waals surface area contributed by atoms with Crippen LogP contribution in [0.1, 0.15) is 24.8 Å². The third kappa shape index (κ3) is 4.21. The molecule has 0 radical (unpaired) electrons. The number of aliphatic hydroxyl groups excluding tert-OH is 1. The molecule has 1 heterocycles. The lowest BCUT2D eigenvalue weighted by Crippen LogP contribution is -2.32. The zero-order chi connectivity index (χ0) is 14.6. The van der Waals surface area contributed by atoms with Crippen molar-refractivity contribution in [2.45, 2.75) is 36.0 Å². The van der Waals surface area contributed by atoms with Crippen molar-refractivity contribution in [1.82, 2.24) is 4.72 Å². The van der Waals surface area contributed by atoms with Gasteiger partial charge in [0.05, 0.1) is 11.5 Å². The Hall–Kier alpha value is -0.0800. The lowest BCUT2D eigenvalue weighted by atomic mass is 10.2. The van der Waals surface area contributed by atoms with Crippen LogP contribution in [0.3, 0.4) is 0 Å². The van der Waals surface area contributed by atoms with Crippen LogP contribution >= 0.6 is 27.7 Å². The highest BCUT2D eigenvalue weighted by Crippen LogP contribution is 2.26. The van der Waals surface area contributed by atoms with Crippen molar-refractivity contribution in [3.63, 3.8) is 0 Å². The van der Waals surface area contributed by atoms with Crippen molar-refractivity contribution < 1.29 is 13.5 Å². The number of hydrogen-bond donors (Lipinski definition) is 2. The topological polar surface area (TPSA) is 66.4 Å². The summed E-state index contributed by atoms with van der Waals surface area (Å²) in [5.41, 5.74) is 0.584. The van der Waals surface area contributed by atoms with Crippen LogP contribution in [-0.4, -0.2) is 31.1 Å². The van der Waals surface area contributed by atoms with Crippen molar-refractivity contribution in [3.05, 3.63) is 28.2 Å². The summed E-state index contributed by atoms with van der Waals surface area (Å²) < 4.78 is 27.9. The second kappa shape index (κ2) is 7.26. The number of aliphatic hydroxyl groups is 1. The zero-order valence-corrected chi connectivity index (χ0v) is 14.2. The van der Waals surface area contributed by atoms with Gasteiger partial charge in [0.15, 0.2) is 0 Å². The Kier molecular flexibility index (Phi) is 5.92. The Labute approximate surface area is 132 Å². The molecule has 112 valence electrons. The Morgan fingerprint density at radius 3 is 2.85 bits per heavy atom. The maximum Gasteiger partial charge on any atom is 0.241 e. The van der Waals surface area contributed by atoms with E-state index in [-0.39, 0.29) is 11.5 Å². The fourth-order valence-corrected chi connectivity index (χ4v) is 5.54. The molecule has 7 heteroatoms. The molecule has 20 heavy (non-hydrogen) atoms. The first-order valence-electron chi connectivity index (χ1n) is 6.53. The average molecular weight is 380 g/mol. The molecule has 1 saturated heterocycles. The highest BCUT2D eigenvalue weighted by atomic mass is 79.9. The monoisotopic (exact) mass is 379 g/mol. The Morgan fingerprint density at radius 1 is 1.40 bits per heavy atom. The van der Waals surface area contributed by atoms with Gasteiger partial charge in [-0.25, -0.2) is 13.1 Å². The summed E-state index contributed by atoms with van der Waals surface area (Å²) in [5, 5.41) is 9.48. The van der Waals surface area contributed by atoms with Crippen molar-refractivity contribution >= 4 is 37.7 Å². The van der Waals surface area contributed by atoms with E-state index in [1.165, 1.54) is 18.9 Å². The summed E-state index contributed by atoms with van der Waals surface area (Å²) in [6.07, 6.45) is 3.45.